The number of nitrogens with zero attached hydrogens (tertiary/aromatic N) is 2. The SMILES string of the molecule is CNS(=O)(=O)CCCSc1ncc(-c2ccccc2)n1-c1ccccc1OC. The van der Waals surface area contributed by atoms with Crippen molar-refractivity contribution in [3.63, 3.8) is 0 Å². The summed E-state index contributed by atoms with van der Waals surface area (Å²) >= 11 is 1.53. The number of aromatic nitrogens is 2. The molecule has 0 aliphatic rings. The van der Waals surface area contributed by atoms with E-state index in [9.17, 15) is 8.42 Å². The predicted octanol–water partition coefficient (Wildman–Crippen LogP) is 3.58. The fourth-order valence-electron chi connectivity index (χ4n) is 2.81. The first-order chi connectivity index (χ1) is 13.6. The molecule has 28 heavy (non-hydrogen) atoms. The summed E-state index contributed by atoms with van der Waals surface area (Å²) in [7, 11) is -0.115. The maximum Gasteiger partial charge on any atom is 0.211 e. The van der Waals surface area contributed by atoms with Gasteiger partial charge in [-0.15, -0.1) is 0 Å². The van der Waals surface area contributed by atoms with Gasteiger partial charge in [-0.1, -0.05) is 54.2 Å². The molecule has 0 fully saturated rings. The third-order valence-corrected chi connectivity index (χ3v) is 6.71. The van der Waals surface area contributed by atoms with E-state index >= 15 is 0 Å². The molecule has 0 amide bonds. The molecule has 0 unspecified atom stereocenters. The minimum absolute atomic E-state index is 0.0947. The largest absolute Gasteiger partial charge is 0.495 e. The quantitative estimate of drug-likeness (QED) is 0.426. The van der Waals surface area contributed by atoms with Crippen LogP contribution in [0.1, 0.15) is 6.42 Å². The zero-order valence-corrected chi connectivity index (χ0v) is 17.5. The molecule has 1 N–H and O–H groups in total. The lowest BCUT2D eigenvalue weighted by Gasteiger charge is -2.15. The van der Waals surface area contributed by atoms with Gasteiger partial charge in [0.2, 0.25) is 10.0 Å². The summed E-state index contributed by atoms with van der Waals surface area (Å²) in [6.45, 7) is 0. The van der Waals surface area contributed by atoms with E-state index in [4.69, 9.17) is 4.74 Å². The summed E-state index contributed by atoms with van der Waals surface area (Å²) < 4.78 is 33.2. The summed E-state index contributed by atoms with van der Waals surface area (Å²) in [5, 5.41) is 0.796. The molecule has 2 aromatic carbocycles. The molecule has 0 spiro atoms. The number of sulfonamides is 1. The Labute approximate surface area is 170 Å². The highest BCUT2D eigenvalue weighted by molar-refractivity contribution is 7.99. The fourth-order valence-corrected chi connectivity index (χ4v) is 4.65. The Morgan fingerprint density at radius 3 is 2.54 bits per heavy atom. The lowest BCUT2D eigenvalue weighted by atomic mass is 10.1. The first-order valence-electron chi connectivity index (χ1n) is 8.86. The Bertz CT molecular complexity index is 1020. The van der Waals surface area contributed by atoms with Crippen LogP contribution in [0.2, 0.25) is 0 Å². The van der Waals surface area contributed by atoms with Gasteiger partial charge in [0, 0.05) is 11.3 Å². The number of rotatable bonds is 9. The fraction of sp³-hybridized carbons (Fsp3) is 0.250. The summed E-state index contributed by atoms with van der Waals surface area (Å²) in [5.74, 6) is 1.48. The molecule has 3 rings (SSSR count). The molecule has 0 saturated carbocycles. The Morgan fingerprint density at radius 1 is 1.11 bits per heavy atom. The molecule has 1 aromatic heterocycles. The molecule has 0 radical (unpaired) electrons. The van der Waals surface area contributed by atoms with Crippen LogP contribution in [0.25, 0.3) is 16.9 Å². The van der Waals surface area contributed by atoms with Crippen LogP contribution < -0.4 is 9.46 Å². The van der Waals surface area contributed by atoms with Crippen LogP contribution in [-0.2, 0) is 10.0 Å². The Morgan fingerprint density at radius 2 is 1.82 bits per heavy atom. The molecule has 0 saturated heterocycles. The minimum atomic E-state index is -3.20. The molecule has 0 aliphatic carbocycles. The van der Waals surface area contributed by atoms with E-state index in [-0.39, 0.29) is 5.75 Å². The number of benzene rings is 2. The van der Waals surface area contributed by atoms with Crippen molar-refractivity contribution in [2.45, 2.75) is 11.6 Å². The molecule has 3 aromatic rings. The van der Waals surface area contributed by atoms with Crippen LogP contribution in [0.3, 0.4) is 0 Å². The van der Waals surface area contributed by atoms with Gasteiger partial charge in [0.05, 0.1) is 30.4 Å². The third-order valence-electron chi connectivity index (χ3n) is 4.22. The first kappa shape index (κ1) is 20.4. The summed E-state index contributed by atoms with van der Waals surface area (Å²) in [6.07, 6.45) is 2.38. The maximum absolute atomic E-state index is 11.6. The van der Waals surface area contributed by atoms with Gasteiger partial charge < -0.3 is 4.74 Å². The second-order valence-electron chi connectivity index (χ2n) is 6.02. The van der Waals surface area contributed by atoms with Crippen LogP contribution in [0.5, 0.6) is 5.75 Å². The zero-order chi connectivity index (χ0) is 20.0. The van der Waals surface area contributed by atoms with Gasteiger partial charge in [0.25, 0.3) is 0 Å². The molecule has 8 heteroatoms. The molecule has 148 valence electrons. The zero-order valence-electron chi connectivity index (χ0n) is 15.8. The van der Waals surface area contributed by atoms with Crippen LogP contribution in [0, 0.1) is 0 Å². The van der Waals surface area contributed by atoms with Gasteiger partial charge >= 0.3 is 0 Å². The van der Waals surface area contributed by atoms with E-state index in [0.717, 1.165) is 27.9 Å². The van der Waals surface area contributed by atoms with Gasteiger partial charge in [0.15, 0.2) is 5.16 Å². The van der Waals surface area contributed by atoms with E-state index in [1.54, 1.807) is 7.11 Å². The monoisotopic (exact) mass is 417 g/mol. The van der Waals surface area contributed by atoms with Crippen molar-refractivity contribution in [2.75, 3.05) is 25.7 Å². The van der Waals surface area contributed by atoms with E-state index in [0.29, 0.717) is 12.2 Å². The van der Waals surface area contributed by atoms with Crippen molar-refractivity contribution in [3.05, 3.63) is 60.8 Å². The summed E-state index contributed by atoms with van der Waals surface area (Å²) in [4.78, 5) is 4.60. The highest BCUT2D eigenvalue weighted by atomic mass is 32.2. The smallest absolute Gasteiger partial charge is 0.211 e. The van der Waals surface area contributed by atoms with Gasteiger partial charge in [-0.25, -0.2) is 18.1 Å². The molecule has 6 nitrogen and oxygen atoms in total. The van der Waals surface area contributed by atoms with Crippen LogP contribution in [-0.4, -0.2) is 43.6 Å². The first-order valence-corrected chi connectivity index (χ1v) is 11.5. The van der Waals surface area contributed by atoms with Crippen molar-refractivity contribution in [1.29, 1.82) is 0 Å². The number of para-hydroxylation sites is 2. The van der Waals surface area contributed by atoms with Crippen LogP contribution >= 0.6 is 11.8 Å². The average Bonchev–Trinajstić information content (AvgIpc) is 3.15. The lowest BCUT2D eigenvalue weighted by Crippen LogP contribution is -2.22. The molecular formula is C20H23N3O3S2. The van der Waals surface area contributed by atoms with E-state index in [1.807, 2.05) is 60.8 Å². The number of ether oxygens (including phenoxy) is 1. The number of hydrogen-bond donors (Lipinski definition) is 1. The van der Waals surface area contributed by atoms with Crippen molar-refractivity contribution >= 4 is 21.8 Å². The van der Waals surface area contributed by atoms with Gasteiger partial charge in [0.1, 0.15) is 5.75 Å². The van der Waals surface area contributed by atoms with E-state index in [1.165, 1.54) is 18.8 Å². The summed E-state index contributed by atoms with van der Waals surface area (Å²) in [6, 6.07) is 17.8. The topological polar surface area (TPSA) is 73.2 Å². The van der Waals surface area contributed by atoms with Gasteiger partial charge in [-0.05, 0) is 25.6 Å². The predicted molar refractivity (Wildman–Crippen MR) is 114 cm³/mol. The standard InChI is InChI=1S/C20H23N3O3S2/c1-21-28(24,25)14-8-13-27-20-22-15-18(16-9-4-3-5-10-16)23(20)17-11-6-7-12-19(17)26-2/h3-7,9-12,15,21H,8,13-14H2,1-2H3. The molecular weight excluding hydrogens is 394 g/mol. The van der Waals surface area contributed by atoms with E-state index < -0.39 is 10.0 Å². The van der Waals surface area contributed by atoms with Crippen molar-refractivity contribution in [1.82, 2.24) is 14.3 Å². The van der Waals surface area contributed by atoms with Crippen LogP contribution in [0.4, 0.5) is 0 Å². The minimum Gasteiger partial charge on any atom is -0.495 e. The number of hydrogen-bond acceptors (Lipinski definition) is 5. The van der Waals surface area contributed by atoms with Crippen molar-refractivity contribution in [2.24, 2.45) is 0 Å². The molecule has 0 atom stereocenters. The highest BCUT2D eigenvalue weighted by Crippen LogP contribution is 2.33. The molecule has 1 heterocycles. The van der Waals surface area contributed by atoms with Crippen LogP contribution in [0.15, 0.2) is 66.0 Å². The highest BCUT2D eigenvalue weighted by Gasteiger charge is 2.17. The molecule has 0 aliphatic heterocycles. The number of imidazole rings is 1. The normalized spacial score (nSPS) is 11.5. The molecule has 0 bridgehead atoms. The average molecular weight is 418 g/mol. The second-order valence-corrected chi connectivity index (χ2v) is 9.13. The number of nitrogens with one attached hydrogen (secondary N) is 1. The summed E-state index contributed by atoms with van der Waals surface area (Å²) in [5.41, 5.74) is 2.90. The van der Waals surface area contributed by atoms with Crippen molar-refractivity contribution in [3.8, 4) is 22.7 Å². The van der Waals surface area contributed by atoms with E-state index in [2.05, 4.69) is 14.3 Å². The number of thioether (sulfide) groups is 1. The van der Waals surface area contributed by atoms with Crippen molar-refractivity contribution < 1.29 is 13.2 Å². The Hall–Kier alpha value is -2.29. The Balaban J connectivity index is 1.94. The maximum atomic E-state index is 11.6. The third kappa shape index (κ3) is 4.76. The lowest BCUT2D eigenvalue weighted by molar-refractivity contribution is 0.412. The van der Waals surface area contributed by atoms with Gasteiger partial charge in [-0.2, -0.15) is 0 Å². The second kappa shape index (κ2) is 9.27. The Kier molecular flexibility index (Phi) is 6.77. The van der Waals surface area contributed by atoms with Gasteiger partial charge in [-0.3, -0.25) is 4.57 Å². The number of methoxy groups -OCH3 is 1.